The number of aryl methyl sites for hydroxylation is 1. The van der Waals surface area contributed by atoms with Gasteiger partial charge in [-0.1, -0.05) is 12.1 Å². The Labute approximate surface area is 190 Å². The van der Waals surface area contributed by atoms with Crippen LogP contribution in [-0.4, -0.2) is 59.6 Å². The molecule has 2 N–H and O–H groups in total. The van der Waals surface area contributed by atoms with Crippen LogP contribution in [-0.2, 0) is 9.47 Å². The third-order valence-electron chi connectivity index (χ3n) is 6.02. The lowest BCUT2D eigenvalue weighted by Gasteiger charge is -2.21. The predicted octanol–water partition coefficient (Wildman–Crippen LogP) is 3.54. The van der Waals surface area contributed by atoms with E-state index in [2.05, 4.69) is 15.3 Å². The topological polar surface area (TPSA) is 96.8 Å². The van der Waals surface area contributed by atoms with Crippen molar-refractivity contribution in [2.24, 2.45) is 0 Å². The maximum absolute atomic E-state index is 14.6. The Morgan fingerprint density at radius 3 is 2.94 bits per heavy atom. The Hall–Kier alpha value is -3.46. The summed E-state index contributed by atoms with van der Waals surface area (Å²) in [4.78, 5) is 23.5. The van der Waals surface area contributed by atoms with Crippen LogP contribution < -0.4 is 10.2 Å². The van der Waals surface area contributed by atoms with Crippen molar-refractivity contribution in [3.8, 4) is 17.1 Å². The molecule has 0 bridgehead atoms. The van der Waals surface area contributed by atoms with Crippen LogP contribution in [0, 0.1) is 12.7 Å². The average Bonchev–Trinajstić information content (AvgIpc) is 3.45. The lowest BCUT2D eigenvalue weighted by molar-refractivity contribution is 0.0813. The molecule has 3 heterocycles. The molecule has 5 rings (SSSR count). The minimum Gasteiger partial charge on any atom is -0.507 e. The van der Waals surface area contributed by atoms with Crippen LogP contribution in [0.15, 0.2) is 36.4 Å². The lowest BCUT2D eigenvalue weighted by atomic mass is 10.1. The molecule has 2 aliphatic rings. The number of halogens is 1. The number of alkyl carbamates (subject to hydrolysis) is 1. The minimum absolute atomic E-state index is 0.0293. The van der Waals surface area contributed by atoms with Crippen LogP contribution in [0.1, 0.15) is 18.4 Å². The number of benzene rings is 2. The molecule has 0 spiro atoms. The lowest BCUT2D eigenvalue weighted by Crippen LogP contribution is -2.39. The number of aromatic nitrogens is 2. The van der Waals surface area contributed by atoms with Gasteiger partial charge in [0, 0.05) is 24.9 Å². The fourth-order valence-corrected chi connectivity index (χ4v) is 4.34. The first-order valence-corrected chi connectivity index (χ1v) is 11.0. The number of hydrogen-bond acceptors (Lipinski definition) is 7. The molecule has 2 fully saturated rings. The van der Waals surface area contributed by atoms with Crippen LogP contribution in [0.3, 0.4) is 0 Å². The van der Waals surface area contributed by atoms with Gasteiger partial charge in [0.1, 0.15) is 23.5 Å². The van der Waals surface area contributed by atoms with Crippen molar-refractivity contribution in [1.82, 2.24) is 15.3 Å². The highest BCUT2D eigenvalue weighted by Crippen LogP contribution is 2.34. The molecule has 2 aliphatic heterocycles. The van der Waals surface area contributed by atoms with E-state index < -0.39 is 11.9 Å². The standard InChI is InChI=1S/C24H25FN4O4/c1-14-5-6-17-19(11-14)27-22(21-18(25)3-2-4-20(21)30)28-23(17)29-9-7-15(12-29)26-24(31)33-16-8-10-32-13-16/h2-6,11,15-16,30H,7-10,12-13H2,1H3,(H,26,31)/t15-,16+/m1/s1. The Balaban J connectivity index is 1.43. The zero-order chi connectivity index (χ0) is 22.9. The van der Waals surface area contributed by atoms with Crippen molar-refractivity contribution in [3.05, 3.63) is 47.8 Å². The van der Waals surface area contributed by atoms with Crippen LogP contribution in [0.25, 0.3) is 22.3 Å². The Bertz CT molecular complexity index is 1180. The van der Waals surface area contributed by atoms with Gasteiger partial charge in [-0.05, 0) is 43.2 Å². The van der Waals surface area contributed by atoms with Crippen molar-refractivity contribution >= 4 is 22.8 Å². The first-order valence-electron chi connectivity index (χ1n) is 11.0. The van der Waals surface area contributed by atoms with Crippen LogP contribution in [0.5, 0.6) is 5.75 Å². The van der Waals surface area contributed by atoms with Gasteiger partial charge in [0.05, 0.1) is 30.3 Å². The quantitative estimate of drug-likeness (QED) is 0.625. The van der Waals surface area contributed by atoms with Gasteiger partial charge in [0.15, 0.2) is 5.82 Å². The van der Waals surface area contributed by atoms with E-state index in [1.54, 1.807) is 0 Å². The Morgan fingerprint density at radius 1 is 1.27 bits per heavy atom. The summed E-state index contributed by atoms with van der Waals surface area (Å²) in [6.07, 6.45) is 0.779. The summed E-state index contributed by atoms with van der Waals surface area (Å²) in [6.45, 7) is 4.18. The molecule has 0 radical (unpaired) electrons. The second-order valence-corrected chi connectivity index (χ2v) is 8.49. The zero-order valence-electron chi connectivity index (χ0n) is 18.3. The number of phenolic OH excluding ortho intramolecular Hbond substituents is 1. The van der Waals surface area contributed by atoms with Gasteiger partial charge in [0.25, 0.3) is 0 Å². The first kappa shape index (κ1) is 21.4. The molecule has 33 heavy (non-hydrogen) atoms. The smallest absolute Gasteiger partial charge is 0.407 e. The molecule has 1 amide bonds. The molecular weight excluding hydrogens is 427 g/mol. The van der Waals surface area contributed by atoms with Gasteiger partial charge < -0.3 is 24.8 Å². The molecule has 0 aliphatic carbocycles. The maximum Gasteiger partial charge on any atom is 0.407 e. The molecule has 2 saturated heterocycles. The first-order chi connectivity index (χ1) is 16.0. The summed E-state index contributed by atoms with van der Waals surface area (Å²) in [5.74, 6) is -0.0459. The van der Waals surface area contributed by atoms with Crippen LogP contribution in [0.4, 0.5) is 15.0 Å². The molecular formula is C24H25FN4O4. The summed E-state index contributed by atoms with van der Waals surface area (Å²) in [5.41, 5.74) is 1.64. The van der Waals surface area contributed by atoms with E-state index in [9.17, 15) is 14.3 Å². The Morgan fingerprint density at radius 2 is 2.15 bits per heavy atom. The van der Waals surface area contributed by atoms with Crippen LogP contribution in [0.2, 0.25) is 0 Å². The van der Waals surface area contributed by atoms with Crippen molar-refractivity contribution < 1.29 is 23.8 Å². The maximum atomic E-state index is 14.6. The number of nitrogens with one attached hydrogen (secondary N) is 1. The molecule has 172 valence electrons. The van der Waals surface area contributed by atoms with Crippen LogP contribution >= 0.6 is 0 Å². The van der Waals surface area contributed by atoms with Crippen molar-refractivity contribution in [2.75, 3.05) is 31.2 Å². The Kier molecular flexibility index (Phi) is 5.72. The normalized spacial score (nSPS) is 20.4. The number of phenols is 1. The summed E-state index contributed by atoms with van der Waals surface area (Å²) in [6, 6.07) is 9.85. The molecule has 2 atom stereocenters. The van der Waals surface area contributed by atoms with Gasteiger partial charge in [-0.25, -0.2) is 19.2 Å². The summed E-state index contributed by atoms with van der Waals surface area (Å²) < 4.78 is 25.2. The number of carbonyl (C=O) groups excluding carboxylic acids is 1. The molecule has 3 aromatic rings. The molecule has 1 aromatic heterocycles. The van der Waals surface area contributed by atoms with Gasteiger partial charge in [-0.3, -0.25) is 0 Å². The van der Waals surface area contributed by atoms with Gasteiger partial charge in [0.2, 0.25) is 0 Å². The average molecular weight is 452 g/mol. The fraction of sp³-hybridized carbons (Fsp3) is 0.375. The second-order valence-electron chi connectivity index (χ2n) is 8.49. The number of anilines is 1. The van der Waals surface area contributed by atoms with E-state index in [0.717, 1.165) is 10.9 Å². The molecule has 0 unspecified atom stereocenters. The van der Waals surface area contributed by atoms with Gasteiger partial charge in [-0.15, -0.1) is 0 Å². The predicted molar refractivity (Wildman–Crippen MR) is 121 cm³/mol. The third kappa shape index (κ3) is 4.41. The highest BCUT2D eigenvalue weighted by Gasteiger charge is 2.29. The van der Waals surface area contributed by atoms with E-state index in [4.69, 9.17) is 9.47 Å². The highest BCUT2D eigenvalue weighted by atomic mass is 19.1. The minimum atomic E-state index is -0.590. The van der Waals surface area contributed by atoms with E-state index in [-0.39, 0.29) is 29.3 Å². The van der Waals surface area contributed by atoms with E-state index in [0.29, 0.717) is 50.5 Å². The second kappa shape index (κ2) is 8.82. The number of aromatic hydroxyl groups is 1. The number of ether oxygens (including phenoxy) is 2. The summed E-state index contributed by atoms with van der Waals surface area (Å²) in [7, 11) is 0. The summed E-state index contributed by atoms with van der Waals surface area (Å²) >= 11 is 0. The van der Waals surface area contributed by atoms with E-state index in [1.807, 2.05) is 30.0 Å². The number of amides is 1. The highest BCUT2D eigenvalue weighted by molar-refractivity contribution is 5.92. The fourth-order valence-electron chi connectivity index (χ4n) is 4.34. The van der Waals surface area contributed by atoms with E-state index >= 15 is 0 Å². The number of hydrogen-bond donors (Lipinski definition) is 2. The van der Waals surface area contributed by atoms with Gasteiger partial charge >= 0.3 is 6.09 Å². The number of carbonyl (C=O) groups is 1. The SMILES string of the molecule is Cc1ccc2c(N3CC[C@@H](NC(=O)O[C@H]4CCOC4)C3)nc(-c3c(O)cccc3F)nc2c1. The molecule has 0 saturated carbocycles. The number of nitrogens with zero attached hydrogens (tertiary/aromatic N) is 3. The van der Waals surface area contributed by atoms with Crippen molar-refractivity contribution in [3.63, 3.8) is 0 Å². The van der Waals surface area contributed by atoms with Crippen molar-refractivity contribution in [1.29, 1.82) is 0 Å². The van der Waals surface area contributed by atoms with Gasteiger partial charge in [-0.2, -0.15) is 0 Å². The molecule has 8 nitrogen and oxygen atoms in total. The number of rotatable bonds is 4. The molecule has 9 heteroatoms. The molecule has 2 aromatic carbocycles. The summed E-state index contributed by atoms with van der Waals surface area (Å²) in [5, 5.41) is 14.0. The monoisotopic (exact) mass is 452 g/mol. The zero-order valence-corrected chi connectivity index (χ0v) is 18.3. The largest absolute Gasteiger partial charge is 0.507 e. The van der Waals surface area contributed by atoms with Crippen molar-refractivity contribution in [2.45, 2.75) is 31.9 Å². The van der Waals surface area contributed by atoms with E-state index in [1.165, 1.54) is 18.2 Å². The third-order valence-corrected chi connectivity index (χ3v) is 6.02. The number of fused-ring (bicyclic) bond motifs is 1.